The number of benzene rings is 2. The van der Waals surface area contributed by atoms with E-state index in [2.05, 4.69) is 47.6 Å². The molecule has 0 unspecified atom stereocenters. The molecule has 1 spiro atoms. The highest BCUT2D eigenvalue weighted by Gasteiger charge is 2.49. The molecule has 190 valence electrons. The molecule has 0 radical (unpaired) electrons. The topological polar surface area (TPSA) is 59.9 Å². The van der Waals surface area contributed by atoms with E-state index in [0.717, 1.165) is 69.4 Å². The van der Waals surface area contributed by atoms with Gasteiger partial charge in [-0.3, -0.25) is 9.69 Å². The van der Waals surface area contributed by atoms with Gasteiger partial charge in [0.15, 0.2) is 0 Å². The summed E-state index contributed by atoms with van der Waals surface area (Å²) in [7, 11) is 0. The van der Waals surface area contributed by atoms with Crippen molar-refractivity contribution in [3.8, 4) is 16.9 Å². The van der Waals surface area contributed by atoms with Gasteiger partial charge in [-0.25, -0.2) is 4.98 Å². The molecule has 6 nitrogen and oxygen atoms in total. The molecule has 2 aromatic carbocycles. The Bertz CT molecular complexity index is 1440. The lowest BCUT2D eigenvalue weighted by Crippen LogP contribution is -2.59. The van der Waals surface area contributed by atoms with Gasteiger partial charge in [-0.1, -0.05) is 30.8 Å². The summed E-state index contributed by atoms with van der Waals surface area (Å²) in [6.07, 6.45) is 6.15. The molecule has 0 atom stereocenters. The zero-order valence-corrected chi connectivity index (χ0v) is 21.5. The SMILES string of the molecule is C=CC(=O)N1CC2(CCN(c3nc4c(c(-c5cccc6cc(O)ccc56)c3C)CCN(C3CC3)C4)C2)C1. The second-order valence-electron chi connectivity index (χ2n) is 11.6. The molecule has 3 fully saturated rings. The molecule has 37 heavy (non-hydrogen) atoms. The summed E-state index contributed by atoms with van der Waals surface area (Å²) < 4.78 is 0. The summed E-state index contributed by atoms with van der Waals surface area (Å²) in [6.45, 7) is 11.4. The van der Waals surface area contributed by atoms with Crippen LogP contribution in [0.25, 0.3) is 21.9 Å². The third-order valence-corrected chi connectivity index (χ3v) is 9.08. The highest BCUT2D eigenvalue weighted by Crippen LogP contribution is 2.45. The Morgan fingerprint density at radius 2 is 2.00 bits per heavy atom. The Labute approximate surface area is 218 Å². The van der Waals surface area contributed by atoms with Crippen LogP contribution in [-0.2, 0) is 17.8 Å². The molecule has 0 bridgehead atoms. The van der Waals surface area contributed by atoms with E-state index in [1.807, 2.05) is 11.0 Å². The number of carbonyl (C=O) groups is 1. The van der Waals surface area contributed by atoms with Crippen molar-refractivity contribution in [2.45, 2.75) is 45.2 Å². The summed E-state index contributed by atoms with van der Waals surface area (Å²) in [5.74, 6) is 1.44. The van der Waals surface area contributed by atoms with E-state index in [1.165, 1.54) is 52.3 Å². The van der Waals surface area contributed by atoms with Crippen molar-refractivity contribution in [3.63, 3.8) is 0 Å². The molecular formula is C31H34N4O2. The monoisotopic (exact) mass is 494 g/mol. The average Bonchev–Trinajstić information content (AvgIpc) is 3.64. The number of aromatic hydroxyl groups is 1. The minimum absolute atomic E-state index is 0.0385. The quantitative estimate of drug-likeness (QED) is 0.535. The Hall–Kier alpha value is -3.38. The highest BCUT2D eigenvalue weighted by atomic mass is 16.3. The van der Waals surface area contributed by atoms with Crippen LogP contribution in [0.1, 0.15) is 36.1 Å². The normalized spacial score (nSPS) is 20.8. The first-order valence-electron chi connectivity index (χ1n) is 13.6. The second-order valence-corrected chi connectivity index (χ2v) is 11.6. The molecular weight excluding hydrogens is 460 g/mol. The number of phenols is 1. The van der Waals surface area contributed by atoms with Crippen LogP contribution in [0, 0.1) is 12.3 Å². The molecule has 1 amide bonds. The number of carbonyl (C=O) groups excluding carboxylic acids is 1. The number of rotatable bonds is 4. The first-order valence-corrected chi connectivity index (χ1v) is 13.6. The Balaban J connectivity index is 1.32. The maximum Gasteiger partial charge on any atom is 0.245 e. The first kappa shape index (κ1) is 22.8. The fourth-order valence-corrected chi connectivity index (χ4v) is 7.02. The predicted octanol–water partition coefficient (Wildman–Crippen LogP) is 4.66. The van der Waals surface area contributed by atoms with Gasteiger partial charge in [0.05, 0.1) is 5.69 Å². The van der Waals surface area contributed by atoms with Gasteiger partial charge < -0.3 is 14.9 Å². The summed E-state index contributed by atoms with van der Waals surface area (Å²) in [6, 6.07) is 12.8. The van der Waals surface area contributed by atoms with E-state index in [4.69, 9.17) is 4.98 Å². The van der Waals surface area contributed by atoms with Crippen LogP contribution in [-0.4, -0.2) is 64.6 Å². The largest absolute Gasteiger partial charge is 0.508 e. The zero-order chi connectivity index (χ0) is 25.3. The van der Waals surface area contributed by atoms with Gasteiger partial charge in [0.2, 0.25) is 5.91 Å². The number of likely N-dealkylation sites (tertiary alicyclic amines) is 1. The summed E-state index contributed by atoms with van der Waals surface area (Å²) in [4.78, 5) is 24.5. The maximum atomic E-state index is 12.1. The summed E-state index contributed by atoms with van der Waals surface area (Å²) >= 11 is 0. The lowest BCUT2D eigenvalue weighted by atomic mass is 9.79. The molecule has 1 aliphatic carbocycles. The first-order chi connectivity index (χ1) is 17.9. The van der Waals surface area contributed by atoms with Crippen molar-refractivity contribution < 1.29 is 9.90 Å². The van der Waals surface area contributed by atoms with Gasteiger partial charge >= 0.3 is 0 Å². The van der Waals surface area contributed by atoms with E-state index in [9.17, 15) is 9.90 Å². The molecule has 4 heterocycles. The van der Waals surface area contributed by atoms with Crippen LogP contribution in [0.4, 0.5) is 5.82 Å². The predicted molar refractivity (Wildman–Crippen MR) is 147 cm³/mol. The van der Waals surface area contributed by atoms with Gasteiger partial charge in [0.25, 0.3) is 0 Å². The van der Waals surface area contributed by atoms with Crippen molar-refractivity contribution in [1.82, 2.24) is 14.8 Å². The average molecular weight is 495 g/mol. The standard InChI is InChI=1S/C31H34N4O2/c1-3-28(37)35-18-31(19-35)12-14-34(17-31)30-20(2)29(25-6-4-5-21-15-23(36)9-10-24(21)25)26-11-13-33(22-7-8-22)16-27(26)32-30/h3-6,9-10,15,22,36H,1,7-8,11-14,16-19H2,2H3. The number of amides is 1. The fourth-order valence-electron chi connectivity index (χ4n) is 7.02. The molecule has 2 saturated heterocycles. The smallest absolute Gasteiger partial charge is 0.245 e. The van der Waals surface area contributed by atoms with E-state index < -0.39 is 0 Å². The zero-order valence-electron chi connectivity index (χ0n) is 21.5. The summed E-state index contributed by atoms with van der Waals surface area (Å²) in [5, 5.41) is 12.3. The van der Waals surface area contributed by atoms with E-state index in [0.29, 0.717) is 5.75 Å². The lowest BCUT2D eigenvalue weighted by molar-refractivity contribution is -0.136. The van der Waals surface area contributed by atoms with Crippen molar-refractivity contribution in [2.24, 2.45) is 5.41 Å². The molecule has 3 aliphatic heterocycles. The lowest BCUT2D eigenvalue weighted by Gasteiger charge is -2.47. The van der Waals surface area contributed by atoms with Gasteiger partial charge in [-0.15, -0.1) is 0 Å². The molecule has 1 saturated carbocycles. The molecule has 4 aliphatic rings. The van der Waals surface area contributed by atoms with Crippen LogP contribution in [0.15, 0.2) is 49.1 Å². The minimum Gasteiger partial charge on any atom is -0.508 e. The van der Waals surface area contributed by atoms with Crippen molar-refractivity contribution in [2.75, 3.05) is 37.6 Å². The Kier molecular flexibility index (Phi) is 5.12. The van der Waals surface area contributed by atoms with Crippen LogP contribution < -0.4 is 4.90 Å². The van der Waals surface area contributed by atoms with Gasteiger partial charge in [0.1, 0.15) is 11.6 Å². The number of anilines is 1. The van der Waals surface area contributed by atoms with Crippen LogP contribution in [0.2, 0.25) is 0 Å². The van der Waals surface area contributed by atoms with Gasteiger partial charge in [0, 0.05) is 50.7 Å². The van der Waals surface area contributed by atoms with Crippen molar-refractivity contribution in [1.29, 1.82) is 0 Å². The molecule has 6 heteroatoms. The number of pyridine rings is 1. The highest BCUT2D eigenvalue weighted by molar-refractivity contribution is 5.99. The molecule has 1 aromatic heterocycles. The third kappa shape index (κ3) is 3.72. The van der Waals surface area contributed by atoms with Gasteiger partial charge in [-0.2, -0.15) is 0 Å². The number of hydrogen-bond acceptors (Lipinski definition) is 5. The third-order valence-electron chi connectivity index (χ3n) is 9.08. The Morgan fingerprint density at radius 3 is 2.78 bits per heavy atom. The number of phenolic OH excluding ortho intramolecular Hbond substituents is 1. The maximum absolute atomic E-state index is 12.1. The number of aromatic nitrogens is 1. The minimum atomic E-state index is 0.0385. The number of hydrogen-bond donors (Lipinski definition) is 1. The van der Waals surface area contributed by atoms with E-state index in [1.54, 1.807) is 6.07 Å². The van der Waals surface area contributed by atoms with Crippen molar-refractivity contribution in [3.05, 3.63) is 65.9 Å². The van der Waals surface area contributed by atoms with E-state index >= 15 is 0 Å². The number of nitrogens with zero attached hydrogens (tertiary/aromatic N) is 4. The molecule has 3 aromatic rings. The van der Waals surface area contributed by atoms with Crippen LogP contribution in [0.5, 0.6) is 5.75 Å². The molecule has 7 rings (SSSR count). The number of fused-ring (bicyclic) bond motifs is 2. The Morgan fingerprint density at radius 1 is 1.16 bits per heavy atom. The van der Waals surface area contributed by atoms with Crippen LogP contribution >= 0.6 is 0 Å². The second kappa shape index (κ2) is 8.32. The fraction of sp³-hybridized carbons (Fsp3) is 0.419. The van der Waals surface area contributed by atoms with Crippen molar-refractivity contribution >= 4 is 22.5 Å². The van der Waals surface area contributed by atoms with Crippen LogP contribution in [0.3, 0.4) is 0 Å². The molecule has 1 N–H and O–H groups in total. The summed E-state index contributed by atoms with van der Waals surface area (Å²) in [5.41, 5.74) is 6.58. The van der Waals surface area contributed by atoms with E-state index in [-0.39, 0.29) is 11.3 Å². The van der Waals surface area contributed by atoms with Gasteiger partial charge in [-0.05, 0) is 83.8 Å².